The van der Waals surface area contributed by atoms with E-state index in [0.29, 0.717) is 19.6 Å². The van der Waals surface area contributed by atoms with E-state index in [1.165, 1.54) is 16.7 Å². The van der Waals surface area contributed by atoms with E-state index in [-0.39, 0.29) is 11.8 Å². The Morgan fingerprint density at radius 3 is 2.63 bits per heavy atom. The van der Waals surface area contributed by atoms with Gasteiger partial charge in [-0.05, 0) is 73.7 Å². The molecule has 5 nitrogen and oxygen atoms in total. The highest BCUT2D eigenvalue weighted by atomic mass is 16.5. The second-order valence-corrected chi connectivity index (χ2v) is 9.45. The standard InChI is InChI=1S/C30H33N3O2/c1-4-23-10-5-7-12-27(23)33-20-24(19-29(33)34)30-31-26-11-6-8-13-28(26)32(30)16-9-17-35-25-15-14-21(2)22(3)18-25/h5-8,10-15,18,24H,4,9,16-17,19-20H2,1-3H3. The highest BCUT2D eigenvalue weighted by molar-refractivity contribution is 5.97. The smallest absolute Gasteiger partial charge is 0.227 e. The zero-order valence-corrected chi connectivity index (χ0v) is 20.8. The van der Waals surface area contributed by atoms with E-state index in [2.05, 4.69) is 67.8 Å². The van der Waals surface area contributed by atoms with E-state index in [1.54, 1.807) is 0 Å². The summed E-state index contributed by atoms with van der Waals surface area (Å²) in [5.41, 5.74) is 6.86. The van der Waals surface area contributed by atoms with E-state index >= 15 is 0 Å². The number of ether oxygens (including phenoxy) is 1. The fourth-order valence-corrected chi connectivity index (χ4v) is 5.04. The SMILES string of the molecule is CCc1ccccc1N1CC(c2nc3ccccc3n2CCCOc2ccc(C)c(C)c2)CC1=O. The van der Waals surface area contributed by atoms with Crippen LogP contribution in [-0.4, -0.2) is 28.6 Å². The summed E-state index contributed by atoms with van der Waals surface area (Å²) in [7, 11) is 0. The molecule has 0 saturated carbocycles. The van der Waals surface area contributed by atoms with E-state index in [4.69, 9.17) is 9.72 Å². The summed E-state index contributed by atoms with van der Waals surface area (Å²) in [4.78, 5) is 20.0. The molecule has 1 aromatic heterocycles. The van der Waals surface area contributed by atoms with Gasteiger partial charge in [-0.25, -0.2) is 4.98 Å². The zero-order chi connectivity index (χ0) is 24.4. The number of rotatable bonds is 8. The third kappa shape index (κ3) is 4.68. The summed E-state index contributed by atoms with van der Waals surface area (Å²) >= 11 is 0. The van der Waals surface area contributed by atoms with Crippen LogP contribution in [0.5, 0.6) is 5.75 Å². The summed E-state index contributed by atoms with van der Waals surface area (Å²) < 4.78 is 8.34. The maximum atomic E-state index is 13.1. The first-order valence-electron chi connectivity index (χ1n) is 12.6. The number of benzene rings is 3. The molecule has 0 radical (unpaired) electrons. The lowest BCUT2D eigenvalue weighted by Gasteiger charge is -2.20. The molecule has 5 rings (SSSR count). The molecule has 1 unspecified atom stereocenters. The zero-order valence-electron chi connectivity index (χ0n) is 20.8. The average Bonchev–Trinajstić information content (AvgIpc) is 3.44. The molecule has 2 heterocycles. The normalized spacial score (nSPS) is 15.8. The minimum absolute atomic E-state index is 0.0699. The van der Waals surface area contributed by atoms with Crippen LogP contribution in [0.15, 0.2) is 66.7 Å². The lowest BCUT2D eigenvalue weighted by molar-refractivity contribution is -0.117. The van der Waals surface area contributed by atoms with Gasteiger partial charge in [0.2, 0.25) is 5.91 Å². The molecular weight excluding hydrogens is 434 g/mol. The molecule has 5 heteroatoms. The molecule has 1 amide bonds. The average molecular weight is 468 g/mol. The quantitative estimate of drug-likeness (QED) is 0.290. The van der Waals surface area contributed by atoms with E-state index in [1.807, 2.05) is 29.2 Å². The molecule has 1 aliphatic rings. The number of carbonyl (C=O) groups excluding carboxylic acids is 1. The summed E-state index contributed by atoms with van der Waals surface area (Å²) in [6.07, 6.45) is 2.26. The van der Waals surface area contributed by atoms with Crippen LogP contribution in [0.25, 0.3) is 11.0 Å². The van der Waals surface area contributed by atoms with Crippen molar-refractivity contribution in [3.63, 3.8) is 0 Å². The molecule has 3 aromatic carbocycles. The third-order valence-corrected chi connectivity index (χ3v) is 7.11. The summed E-state index contributed by atoms with van der Waals surface area (Å²) in [5.74, 6) is 2.16. The predicted octanol–water partition coefficient (Wildman–Crippen LogP) is 6.21. The van der Waals surface area contributed by atoms with Crippen molar-refractivity contribution in [3.05, 3.63) is 89.2 Å². The lowest BCUT2D eigenvalue weighted by atomic mass is 10.1. The Morgan fingerprint density at radius 1 is 1.00 bits per heavy atom. The topological polar surface area (TPSA) is 47.4 Å². The first-order chi connectivity index (χ1) is 17.0. The largest absolute Gasteiger partial charge is 0.494 e. The molecule has 1 saturated heterocycles. The van der Waals surface area contributed by atoms with E-state index in [0.717, 1.165) is 47.7 Å². The van der Waals surface area contributed by atoms with Crippen LogP contribution in [0.2, 0.25) is 0 Å². The number of imidazole rings is 1. The van der Waals surface area contributed by atoms with Crippen LogP contribution < -0.4 is 9.64 Å². The maximum Gasteiger partial charge on any atom is 0.227 e. The van der Waals surface area contributed by atoms with Crippen LogP contribution in [0.3, 0.4) is 0 Å². The molecular formula is C30H33N3O2. The van der Waals surface area contributed by atoms with E-state index < -0.39 is 0 Å². The van der Waals surface area contributed by atoms with Gasteiger partial charge in [-0.3, -0.25) is 4.79 Å². The van der Waals surface area contributed by atoms with Crippen LogP contribution in [0.1, 0.15) is 48.2 Å². The first-order valence-corrected chi connectivity index (χ1v) is 12.6. The molecule has 1 aliphatic heterocycles. The van der Waals surface area contributed by atoms with Gasteiger partial charge in [-0.2, -0.15) is 0 Å². The Kier molecular flexibility index (Phi) is 6.58. The molecule has 1 atom stereocenters. The van der Waals surface area contributed by atoms with Crippen molar-refractivity contribution in [1.82, 2.24) is 9.55 Å². The van der Waals surface area contributed by atoms with E-state index in [9.17, 15) is 4.79 Å². The number of anilines is 1. The fourth-order valence-electron chi connectivity index (χ4n) is 5.04. The monoisotopic (exact) mass is 467 g/mol. The number of aromatic nitrogens is 2. The van der Waals surface area contributed by atoms with Crippen molar-refractivity contribution in [2.75, 3.05) is 18.1 Å². The summed E-state index contributed by atoms with van der Waals surface area (Å²) in [6.45, 7) is 8.46. The van der Waals surface area contributed by atoms with Crippen molar-refractivity contribution in [1.29, 1.82) is 0 Å². The number of hydrogen-bond acceptors (Lipinski definition) is 3. The van der Waals surface area contributed by atoms with Crippen molar-refractivity contribution in [2.24, 2.45) is 0 Å². The number of nitrogens with zero attached hydrogens (tertiary/aromatic N) is 3. The number of carbonyl (C=O) groups is 1. The number of para-hydroxylation sites is 3. The Hall–Kier alpha value is -3.60. The van der Waals surface area contributed by atoms with Gasteiger partial charge in [0, 0.05) is 31.1 Å². The molecule has 35 heavy (non-hydrogen) atoms. The van der Waals surface area contributed by atoms with Crippen molar-refractivity contribution in [2.45, 2.75) is 52.5 Å². The maximum absolute atomic E-state index is 13.1. The van der Waals surface area contributed by atoms with Crippen molar-refractivity contribution in [3.8, 4) is 5.75 Å². The Labute approximate surface area is 207 Å². The second-order valence-electron chi connectivity index (χ2n) is 9.45. The third-order valence-electron chi connectivity index (χ3n) is 7.11. The first kappa shape index (κ1) is 23.2. The van der Waals surface area contributed by atoms with Gasteiger partial charge in [-0.15, -0.1) is 0 Å². The van der Waals surface area contributed by atoms with Gasteiger partial charge in [0.15, 0.2) is 0 Å². The van der Waals surface area contributed by atoms with Gasteiger partial charge < -0.3 is 14.2 Å². The summed E-state index contributed by atoms with van der Waals surface area (Å²) in [5, 5.41) is 0. The number of hydrogen-bond donors (Lipinski definition) is 0. The van der Waals surface area contributed by atoms with Gasteiger partial charge in [0.05, 0.1) is 17.6 Å². The van der Waals surface area contributed by atoms with Gasteiger partial charge >= 0.3 is 0 Å². The molecule has 4 aromatic rings. The fraction of sp³-hybridized carbons (Fsp3) is 0.333. The highest BCUT2D eigenvalue weighted by Crippen LogP contribution is 2.35. The van der Waals surface area contributed by atoms with Crippen LogP contribution in [-0.2, 0) is 17.8 Å². The molecule has 0 bridgehead atoms. The minimum Gasteiger partial charge on any atom is -0.494 e. The predicted molar refractivity (Wildman–Crippen MR) is 141 cm³/mol. The number of amides is 1. The molecule has 1 fully saturated rings. The Bertz CT molecular complexity index is 1360. The van der Waals surface area contributed by atoms with Crippen LogP contribution in [0, 0.1) is 13.8 Å². The highest BCUT2D eigenvalue weighted by Gasteiger charge is 2.35. The Balaban J connectivity index is 1.35. The molecule has 180 valence electrons. The lowest BCUT2D eigenvalue weighted by Crippen LogP contribution is -2.25. The van der Waals surface area contributed by atoms with Crippen molar-refractivity contribution >= 4 is 22.6 Å². The molecule has 0 spiro atoms. The second kappa shape index (κ2) is 9.95. The van der Waals surface area contributed by atoms with Crippen molar-refractivity contribution < 1.29 is 9.53 Å². The Morgan fingerprint density at radius 2 is 1.80 bits per heavy atom. The molecule has 0 N–H and O–H groups in total. The van der Waals surface area contributed by atoms with Gasteiger partial charge in [0.25, 0.3) is 0 Å². The van der Waals surface area contributed by atoms with Crippen LogP contribution in [0.4, 0.5) is 5.69 Å². The summed E-state index contributed by atoms with van der Waals surface area (Å²) in [6, 6.07) is 22.7. The van der Waals surface area contributed by atoms with Gasteiger partial charge in [0.1, 0.15) is 11.6 Å². The number of aryl methyl sites for hydroxylation is 4. The minimum atomic E-state index is 0.0699. The van der Waals surface area contributed by atoms with Gasteiger partial charge in [-0.1, -0.05) is 43.3 Å². The number of fused-ring (bicyclic) bond motifs is 1. The molecule has 0 aliphatic carbocycles. The van der Waals surface area contributed by atoms with Crippen LogP contribution >= 0.6 is 0 Å².